The smallest absolute Gasteiger partial charge is 0.343 e. The summed E-state index contributed by atoms with van der Waals surface area (Å²) in [5, 5.41) is 0.623. The number of unbranched alkanes of at least 4 members (excludes halogenated alkanes) is 4. The molecule has 0 radical (unpaired) electrons. The second-order valence-corrected chi connectivity index (χ2v) is 8.34. The van der Waals surface area contributed by atoms with E-state index in [1.165, 1.54) is 19.3 Å². The third kappa shape index (κ3) is 8.23. The molecule has 3 rings (SSSR count). The van der Waals surface area contributed by atoms with Crippen LogP contribution in [-0.2, 0) is 11.3 Å². The third-order valence-electron chi connectivity index (χ3n) is 5.19. The van der Waals surface area contributed by atoms with E-state index in [2.05, 4.69) is 6.92 Å². The van der Waals surface area contributed by atoms with Crippen LogP contribution in [0.3, 0.4) is 0 Å². The highest BCUT2D eigenvalue weighted by Gasteiger charge is 2.11. The first-order valence-electron chi connectivity index (χ1n) is 11.5. The summed E-state index contributed by atoms with van der Waals surface area (Å²) >= 11 is 5.85. The number of ether oxygens (including phenoxy) is 3. The topological polar surface area (TPSA) is 61.8 Å². The van der Waals surface area contributed by atoms with Crippen molar-refractivity contribution in [2.45, 2.75) is 45.6 Å². The number of halogens is 1. The van der Waals surface area contributed by atoms with Crippen LogP contribution in [0.25, 0.3) is 0 Å². The monoisotopic (exact) mass is 480 g/mol. The second-order valence-electron chi connectivity index (χ2n) is 7.90. The highest BCUT2D eigenvalue weighted by molar-refractivity contribution is 6.30. The lowest BCUT2D eigenvalue weighted by atomic mass is 10.2. The summed E-state index contributed by atoms with van der Waals surface area (Å²) in [5.41, 5.74) is 1.62. The summed E-state index contributed by atoms with van der Waals surface area (Å²) in [7, 11) is 0. The highest BCUT2D eigenvalue weighted by Crippen LogP contribution is 2.18. The van der Waals surface area contributed by atoms with Gasteiger partial charge in [-0.1, -0.05) is 56.3 Å². The Balaban J connectivity index is 1.44. The standard InChI is InChI=1S/C28H29ClO5/c1-2-3-4-5-6-19-32-25-15-9-23(10-16-25)28(31)34-26-17-11-22(12-18-26)27(30)33-20-21-7-13-24(29)14-8-21/h7-18H,2-6,19-20H2,1H3. The molecule has 0 fully saturated rings. The van der Waals surface area contributed by atoms with E-state index in [1.807, 2.05) is 0 Å². The molecule has 0 unspecified atom stereocenters. The van der Waals surface area contributed by atoms with Crippen LogP contribution in [0.5, 0.6) is 11.5 Å². The molecule has 3 aromatic rings. The number of benzene rings is 3. The van der Waals surface area contributed by atoms with Crippen molar-refractivity contribution in [2.75, 3.05) is 6.61 Å². The van der Waals surface area contributed by atoms with E-state index in [0.717, 1.165) is 24.2 Å². The first kappa shape index (κ1) is 25.3. The van der Waals surface area contributed by atoms with Crippen molar-refractivity contribution in [3.8, 4) is 11.5 Å². The molecule has 0 heterocycles. The van der Waals surface area contributed by atoms with Gasteiger partial charge in [0.25, 0.3) is 0 Å². The largest absolute Gasteiger partial charge is 0.494 e. The van der Waals surface area contributed by atoms with Crippen LogP contribution in [0.2, 0.25) is 5.02 Å². The van der Waals surface area contributed by atoms with E-state index in [4.69, 9.17) is 25.8 Å². The lowest BCUT2D eigenvalue weighted by molar-refractivity contribution is 0.0472. The van der Waals surface area contributed by atoms with Crippen LogP contribution in [0.15, 0.2) is 72.8 Å². The Morgan fingerprint density at radius 2 is 1.29 bits per heavy atom. The van der Waals surface area contributed by atoms with Crippen LogP contribution in [0.4, 0.5) is 0 Å². The number of carbonyl (C=O) groups is 2. The Morgan fingerprint density at radius 3 is 1.94 bits per heavy atom. The van der Waals surface area contributed by atoms with Crippen LogP contribution < -0.4 is 9.47 Å². The zero-order valence-corrected chi connectivity index (χ0v) is 20.1. The number of hydrogen-bond donors (Lipinski definition) is 0. The fraction of sp³-hybridized carbons (Fsp3) is 0.286. The summed E-state index contributed by atoms with van der Waals surface area (Å²) in [5.74, 6) is 0.123. The Kier molecular flexibility index (Phi) is 9.98. The highest BCUT2D eigenvalue weighted by atomic mass is 35.5. The Hall–Kier alpha value is -3.31. The summed E-state index contributed by atoms with van der Waals surface area (Å²) in [6, 6.07) is 20.2. The zero-order chi connectivity index (χ0) is 24.2. The van der Waals surface area contributed by atoms with Crippen molar-refractivity contribution in [3.63, 3.8) is 0 Å². The summed E-state index contributed by atoms with van der Waals surface area (Å²) in [6.07, 6.45) is 5.90. The number of carbonyl (C=O) groups excluding carboxylic acids is 2. The zero-order valence-electron chi connectivity index (χ0n) is 19.3. The Bertz CT molecular complexity index is 1040. The fourth-order valence-corrected chi connectivity index (χ4v) is 3.35. The van der Waals surface area contributed by atoms with E-state index in [0.29, 0.717) is 28.5 Å². The maximum Gasteiger partial charge on any atom is 0.343 e. The van der Waals surface area contributed by atoms with Crippen molar-refractivity contribution in [3.05, 3.63) is 94.5 Å². The van der Waals surface area contributed by atoms with Crippen LogP contribution in [0.1, 0.15) is 65.3 Å². The van der Waals surface area contributed by atoms with E-state index < -0.39 is 11.9 Å². The molecule has 3 aromatic carbocycles. The minimum absolute atomic E-state index is 0.144. The van der Waals surface area contributed by atoms with Gasteiger partial charge >= 0.3 is 11.9 Å². The minimum atomic E-state index is -0.482. The van der Waals surface area contributed by atoms with Crippen molar-refractivity contribution in [1.82, 2.24) is 0 Å². The van der Waals surface area contributed by atoms with Gasteiger partial charge in [-0.3, -0.25) is 0 Å². The molecule has 0 atom stereocenters. The first-order chi connectivity index (χ1) is 16.5. The van der Waals surface area contributed by atoms with Gasteiger partial charge in [0.2, 0.25) is 0 Å². The molecule has 0 saturated heterocycles. The lowest BCUT2D eigenvalue weighted by Gasteiger charge is -2.08. The molecular formula is C28H29ClO5. The molecule has 0 amide bonds. The Morgan fingerprint density at radius 1 is 0.706 bits per heavy atom. The minimum Gasteiger partial charge on any atom is -0.494 e. The molecule has 0 N–H and O–H groups in total. The van der Waals surface area contributed by atoms with Gasteiger partial charge in [0, 0.05) is 5.02 Å². The van der Waals surface area contributed by atoms with E-state index in [1.54, 1.807) is 72.8 Å². The van der Waals surface area contributed by atoms with Gasteiger partial charge in [0.1, 0.15) is 18.1 Å². The van der Waals surface area contributed by atoms with Crippen molar-refractivity contribution in [1.29, 1.82) is 0 Å². The normalized spacial score (nSPS) is 10.5. The predicted molar refractivity (Wildman–Crippen MR) is 133 cm³/mol. The van der Waals surface area contributed by atoms with Crippen LogP contribution in [-0.4, -0.2) is 18.5 Å². The Labute approximate surface area is 205 Å². The molecule has 0 saturated carbocycles. The fourth-order valence-electron chi connectivity index (χ4n) is 3.22. The SMILES string of the molecule is CCCCCCCOc1ccc(C(=O)Oc2ccc(C(=O)OCc3ccc(Cl)cc3)cc2)cc1. The molecule has 0 aliphatic heterocycles. The van der Waals surface area contributed by atoms with Crippen molar-refractivity contribution >= 4 is 23.5 Å². The van der Waals surface area contributed by atoms with Gasteiger partial charge in [0.05, 0.1) is 17.7 Å². The van der Waals surface area contributed by atoms with E-state index >= 15 is 0 Å². The van der Waals surface area contributed by atoms with Crippen molar-refractivity contribution < 1.29 is 23.8 Å². The molecule has 178 valence electrons. The van der Waals surface area contributed by atoms with Crippen LogP contribution in [0, 0.1) is 0 Å². The van der Waals surface area contributed by atoms with Gasteiger partial charge < -0.3 is 14.2 Å². The van der Waals surface area contributed by atoms with Crippen LogP contribution >= 0.6 is 11.6 Å². The lowest BCUT2D eigenvalue weighted by Crippen LogP contribution is -2.09. The molecule has 0 aliphatic carbocycles. The summed E-state index contributed by atoms with van der Waals surface area (Å²) < 4.78 is 16.4. The first-order valence-corrected chi connectivity index (χ1v) is 11.9. The molecule has 0 aromatic heterocycles. The van der Waals surface area contributed by atoms with Gasteiger partial charge in [0.15, 0.2) is 0 Å². The number of rotatable bonds is 12. The average molecular weight is 481 g/mol. The van der Waals surface area contributed by atoms with E-state index in [9.17, 15) is 9.59 Å². The third-order valence-corrected chi connectivity index (χ3v) is 5.44. The molecule has 0 aliphatic rings. The quantitative estimate of drug-likeness (QED) is 0.155. The summed E-state index contributed by atoms with van der Waals surface area (Å²) in [6.45, 7) is 3.01. The molecule has 5 nitrogen and oxygen atoms in total. The van der Waals surface area contributed by atoms with Gasteiger partial charge in [-0.2, -0.15) is 0 Å². The number of hydrogen-bond acceptors (Lipinski definition) is 5. The van der Waals surface area contributed by atoms with E-state index in [-0.39, 0.29) is 6.61 Å². The average Bonchev–Trinajstić information content (AvgIpc) is 2.86. The van der Waals surface area contributed by atoms with Gasteiger partial charge in [-0.05, 0) is 72.6 Å². The van der Waals surface area contributed by atoms with Crippen molar-refractivity contribution in [2.24, 2.45) is 0 Å². The number of esters is 2. The second kappa shape index (κ2) is 13.4. The maximum atomic E-state index is 12.4. The maximum absolute atomic E-state index is 12.4. The molecule has 0 bridgehead atoms. The predicted octanol–water partition coefficient (Wildman–Crippen LogP) is 7.27. The molecule has 34 heavy (non-hydrogen) atoms. The molecule has 0 spiro atoms. The van der Waals surface area contributed by atoms with Gasteiger partial charge in [-0.15, -0.1) is 0 Å². The molecule has 6 heteroatoms. The summed E-state index contributed by atoms with van der Waals surface area (Å²) in [4.78, 5) is 24.7. The van der Waals surface area contributed by atoms with Gasteiger partial charge in [-0.25, -0.2) is 9.59 Å². The molecular weight excluding hydrogens is 452 g/mol.